The predicted molar refractivity (Wildman–Crippen MR) is 95.9 cm³/mol. The smallest absolute Gasteiger partial charge is 0.152 e. The van der Waals surface area contributed by atoms with Crippen molar-refractivity contribution in [2.24, 2.45) is 0 Å². The number of nitrogens with zero attached hydrogens (tertiary/aromatic N) is 3. The van der Waals surface area contributed by atoms with Crippen molar-refractivity contribution in [2.75, 3.05) is 7.11 Å². The molecular formula is C18H16BrN3O. The molecule has 0 spiro atoms. The number of halogens is 1. The van der Waals surface area contributed by atoms with Gasteiger partial charge in [0.1, 0.15) is 0 Å². The van der Waals surface area contributed by atoms with Crippen LogP contribution < -0.4 is 0 Å². The van der Waals surface area contributed by atoms with E-state index in [1.54, 1.807) is 13.3 Å². The van der Waals surface area contributed by atoms with Gasteiger partial charge in [-0.25, -0.2) is 15.0 Å². The molecule has 4 nitrogen and oxygen atoms in total. The molecule has 0 aliphatic carbocycles. The molecule has 3 rings (SSSR count). The molecule has 3 aromatic rings. The fraction of sp³-hybridized carbons (Fsp3) is 0.167. The summed E-state index contributed by atoms with van der Waals surface area (Å²) in [6, 6.07) is 10.0. The van der Waals surface area contributed by atoms with Crippen LogP contribution in [0.15, 0.2) is 41.0 Å². The molecule has 0 bridgehead atoms. The number of hydrogen-bond acceptors (Lipinski definition) is 4. The van der Waals surface area contributed by atoms with E-state index in [-0.39, 0.29) is 0 Å². The van der Waals surface area contributed by atoms with Crippen molar-refractivity contribution >= 4 is 39.0 Å². The van der Waals surface area contributed by atoms with Gasteiger partial charge in [-0.05, 0) is 48.9 Å². The Morgan fingerprint density at radius 2 is 2.00 bits per heavy atom. The maximum absolute atomic E-state index is 5.26. The highest BCUT2D eigenvalue weighted by molar-refractivity contribution is 9.10. The molecule has 0 N–H and O–H groups in total. The monoisotopic (exact) mass is 369 g/mol. The summed E-state index contributed by atoms with van der Waals surface area (Å²) in [7, 11) is 1.69. The molecule has 0 aliphatic heterocycles. The van der Waals surface area contributed by atoms with E-state index in [0.29, 0.717) is 12.4 Å². The highest BCUT2D eigenvalue weighted by atomic mass is 79.9. The molecule has 0 saturated heterocycles. The lowest BCUT2D eigenvalue weighted by Gasteiger charge is -2.07. The van der Waals surface area contributed by atoms with Gasteiger partial charge in [0.25, 0.3) is 0 Å². The maximum atomic E-state index is 5.26. The van der Waals surface area contributed by atoms with Crippen LogP contribution in [0.1, 0.15) is 22.8 Å². The van der Waals surface area contributed by atoms with Crippen LogP contribution in [-0.2, 0) is 11.3 Å². The molecule has 0 aliphatic rings. The van der Waals surface area contributed by atoms with Crippen molar-refractivity contribution in [1.29, 1.82) is 0 Å². The number of benzene rings is 1. The second kappa shape index (κ2) is 6.98. The zero-order chi connectivity index (χ0) is 16.2. The van der Waals surface area contributed by atoms with Gasteiger partial charge in [-0.1, -0.05) is 22.0 Å². The molecule has 2 aromatic heterocycles. The summed E-state index contributed by atoms with van der Waals surface area (Å²) in [5, 5.41) is 1.10. The van der Waals surface area contributed by atoms with Crippen LogP contribution in [0.25, 0.3) is 23.1 Å². The molecule has 2 heterocycles. The maximum Gasteiger partial charge on any atom is 0.152 e. The Labute approximate surface area is 143 Å². The molecule has 1 aromatic carbocycles. The molecule has 0 atom stereocenters. The third-order valence-corrected chi connectivity index (χ3v) is 3.85. The second-order valence-electron chi connectivity index (χ2n) is 5.19. The van der Waals surface area contributed by atoms with Gasteiger partial charge in [-0.2, -0.15) is 0 Å². The quantitative estimate of drug-likeness (QED) is 0.683. The number of rotatable bonds is 4. The van der Waals surface area contributed by atoms with E-state index in [1.165, 1.54) is 0 Å². The van der Waals surface area contributed by atoms with Gasteiger partial charge in [0.15, 0.2) is 5.82 Å². The van der Waals surface area contributed by atoms with Gasteiger partial charge in [0.05, 0.1) is 17.8 Å². The standard InChI is InChI=1S/C18H16BrN3O/c1-12-7-8-20-18(21-12)6-4-15-3-5-16-13(11-23-2)9-14(19)10-17(16)22-15/h3-10H,11H2,1-2H3. The fourth-order valence-corrected chi connectivity index (χ4v) is 2.86. The summed E-state index contributed by atoms with van der Waals surface area (Å²) in [6.07, 6.45) is 5.55. The second-order valence-corrected chi connectivity index (χ2v) is 6.11. The van der Waals surface area contributed by atoms with E-state index in [9.17, 15) is 0 Å². The average molecular weight is 370 g/mol. The number of fused-ring (bicyclic) bond motifs is 1. The van der Waals surface area contributed by atoms with E-state index in [4.69, 9.17) is 4.74 Å². The Bertz CT molecular complexity index is 877. The average Bonchev–Trinajstić information content (AvgIpc) is 2.53. The first-order valence-corrected chi connectivity index (χ1v) is 8.01. The number of methoxy groups -OCH3 is 1. The van der Waals surface area contributed by atoms with Gasteiger partial charge in [-0.15, -0.1) is 0 Å². The summed E-state index contributed by atoms with van der Waals surface area (Å²) in [5.41, 5.74) is 3.85. The molecule has 0 saturated carbocycles. The summed E-state index contributed by atoms with van der Waals surface area (Å²) >= 11 is 3.53. The first kappa shape index (κ1) is 15.8. The SMILES string of the molecule is COCc1cc(Br)cc2nc(C=Cc3nccc(C)n3)ccc12. The predicted octanol–water partition coefficient (Wildman–Crippen LogP) is 4.41. The minimum Gasteiger partial charge on any atom is -0.380 e. The zero-order valence-electron chi connectivity index (χ0n) is 13.0. The van der Waals surface area contributed by atoms with Crippen LogP contribution in [0.4, 0.5) is 0 Å². The Kier molecular flexibility index (Phi) is 4.79. The Hall–Kier alpha value is -2.11. The van der Waals surface area contributed by atoms with Gasteiger partial charge in [0, 0.05) is 28.9 Å². The zero-order valence-corrected chi connectivity index (χ0v) is 14.5. The van der Waals surface area contributed by atoms with Crippen LogP contribution in [0.3, 0.4) is 0 Å². The van der Waals surface area contributed by atoms with Crippen molar-refractivity contribution in [3.8, 4) is 0 Å². The van der Waals surface area contributed by atoms with Gasteiger partial charge < -0.3 is 4.74 Å². The number of pyridine rings is 1. The van der Waals surface area contributed by atoms with Crippen molar-refractivity contribution in [2.45, 2.75) is 13.5 Å². The molecule has 0 radical (unpaired) electrons. The van der Waals surface area contributed by atoms with Crippen LogP contribution in [0.2, 0.25) is 0 Å². The third-order valence-electron chi connectivity index (χ3n) is 3.40. The minimum atomic E-state index is 0.559. The summed E-state index contributed by atoms with van der Waals surface area (Å²) < 4.78 is 6.25. The van der Waals surface area contributed by atoms with Crippen LogP contribution in [0.5, 0.6) is 0 Å². The Morgan fingerprint density at radius 1 is 1.13 bits per heavy atom. The van der Waals surface area contributed by atoms with E-state index in [0.717, 1.165) is 32.3 Å². The minimum absolute atomic E-state index is 0.559. The summed E-state index contributed by atoms with van der Waals surface area (Å²) in [4.78, 5) is 13.3. The Morgan fingerprint density at radius 3 is 2.78 bits per heavy atom. The van der Waals surface area contributed by atoms with Crippen LogP contribution >= 0.6 is 15.9 Å². The molecular weight excluding hydrogens is 354 g/mol. The van der Waals surface area contributed by atoms with Crippen molar-refractivity contribution in [3.05, 3.63) is 63.8 Å². The normalized spacial score (nSPS) is 11.4. The molecule has 23 heavy (non-hydrogen) atoms. The number of aryl methyl sites for hydroxylation is 1. The molecule has 0 fully saturated rings. The summed E-state index contributed by atoms with van der Waals surface area (Å²) in [6.45, 7) is 2.51. The van der Waals surface area contributed by atoms with E-state index >= 15 is 0 Å². The fourth-order valence-electron chi connectivity index (χ4n) is 2.36. The molecule has 5 heteroatoms. The lowest BCUT2D eigenvalue weighted by Crippen LogP contribution is -1.93. The summed E-state index contributed by atoms with van der Waals surface area (Å²) in [5.74, 6) is 0.682. The first-order chi connectivity index (χ1) is 11.2. The van der Waals surface area contributed by atoms with Gasteiger partial charge in [0.2, 0.25) is 0 Å². The van der Waals surface area contributed by atoms with Crippen LogP contribution in [-0.4, -0.2) is 22.1 Å². The van der Waals surface area contributed by atoms with Crippen molar-refractivity contribution < 1.29 is 4.74 Å². The third kappa shape index (κ3) is 3.81. The number of hydrogen-bond donors (Lipinski definition) is 0. The topological polar surface area (TPSA) is 47.9 Å². The first-order valence-electron chi connectivity index (χ1n) is 7.21. The lowest BCUT2D eigenvalue weighted by molar-refractivity contribution is 0.186. The van der Waals surface area contributed by atoms with E-state index < -0.39 is 0 Å². The van der Waals surface area contributed by atoms with E-state index in [1.807, 2.05) is 37.3 Å². The van der Waals surface area contributed by atoms with Crippen molar-refractivity contribution in [3.63, 3.8) is 0 Å². The Balaban J connectivity index is 1.97. The van der Waals surface area contributed by atoms with Gasteiger partial charge >= 0.3 is 0 Å². The molecule has 0 unspecified atom stereocenters. The number of aromatic nitrogens is 3. The largest absolute Gasteiger partial charge is 0.380 e. The van der Waals surface area contributed by atoms with Crippen molar-refractivity contribution in [1.82, 2.24) is 15.0 Å². The van der Waals surface area contributed by atoms with Gasteiger partial charge in [-0.3, -0.25) is 0 Å². The number of ether oxygens (including phenoxy) is 1. The molecule has 0 amide bonds. The highest BCUT2D eigenvalue weighted by Crippen LogP contribution is 2.24. The molecule has 116 valence electrons. The lowest BCUT2D eigenvalue weighted by atomic mass is 10.1. The van der Waals surface area contributed by atoms with Crippen LogP contribution in [0, 0.1) is 6.92 Å². The highest BCUT2D eigenvalue weighted by Gasteiger charge is 2.05. The van der Waals surface area contributed by atoms with E-state index in [2.05, 4.69) is 43.0 Å².